The van der Waals surface area contributed by atoms with Crippen LogP contribution in [-0.4, -0.2) is 13.1 Å². The molecular formula is C15H19ClN2. The Bertz CT molecular complexity index is 464. The Morgan fingerprint density at radius 2 is 2.17 bits per heavy atom. The Kier molecular flexibility index (Phi) is 4.14. The van der Waals surface area contributed by atoms with Crippen LogP contribution in [0.2, 0.25) is 5.02 Å². The fourth-order valence-electron chi connectivity index (χ4n) is 2.86. The van der Waals surface area contributed by atoms with Crippen molar-refractivity contribution in [1.29, 1.82) is 5.26 Å². The fraction of sp³-hybridized carbons (Fsp3) is 0.533. The lowest BCUT2D eigenvalue weighted by molar-refractivity contribution is 0.336. The van der Waals surface area contributed by atoms with Gasteiger partial charge in [-0.15, -0.1) is 0 Å². The Morgan fingerprint density at radius 1 is 1.39 bits per heavy atom. The summed E-state index contributed by atoms with van der Waals surface area (Å²) < 4.78 is 0. The average molecular weight is 263 g/mol. The zero-order valence-electron chi connectivity index (χ0n) is 11.0. The van der Waals surface area contributed by atoms with Crippen LogP contribution in [0, 0.1) is 17.2 Å². The van der Waals surface area contributed by atoms with Crippen molar-refractivity contribution in [3.63, 3.8) is 0 Å². The molecular weight excluding hydrogens is 244 g/mol. The van der Waals surface area contributed by atoms with Gasteiger partial charge in [-0.2, -0.15) is 5.26 Å². The Balaban J connectivity index is 2.23. The summed E-state index contributed by atoms with van der Waals surface area (Å²) in [7, 11) is 2.09. The van der Waals surface area contributed by atoms with Crippen LogP contribution in [0.15, 0.2) is 18.2 Å². The normalized spacial score (nSPS) is 23.4. The molecule has 0 spiro atoms. The van der Waals surface area contributed by atoms with E-state index in [0.29, 0.717) is 16.6 Å². The van der Waals surface area contributed by atoms with E-state index in [1.165, 1.54) is 25.7 Å². The quantitative estimate of drug-likeness (QED) is 0.798. The van der Waals surface area contributed by atoms with Crippen molar-refractivity contribution < 1.29 is 0 Å². The molecule has 96 valence electrons. The van der Waals surface area contributed by atoms with E-state index in [4.69, 9.17) is 11.6 Å². The van der Waals surface area contributed by atoms with Crippen LogP contribution in [0.4, 0.5) is 5.69 Å². The van der Waals surface area contributed by atoms with E-state index in [-0.39, 0.29) is 0 Å². The minimum absolute atomic E-state index is 0.544. The second-order valence-corrected chi connectivity index (χ2v) is 5.75. The van der Waals surface area contributed by atoms with Gasteiger partial charge in [0.15, 0.2) is 0 Å². The Morgan fingerprint density at radius 3 is 2.83 bits per heavy atom. The predicted octanol–water partition coefficient (Wildman–Crippen LogP) is 4.23. The third-order valence-corrected chi connectivity index (χ3v) is 4.15. The van der Waals surface area contributed by atoms with Crippen LogP contribution in [0.25, 0.3) is 0 Å². The lowest BCUT2D eigenvalue weighted by atomic mass is 9.86. The number of nitriles is 1. The van der Waals surface area contributed by atoms with Crippen molar-refractivity contribution >= 4 is 17.3 Å². The van der Waals surface area contributed by atoms with Crippen LogP contribution in [0.3, 0.4) is 0 Å². The minimum Gasteiger partial charge on any atom is -0.371 e. The zero-order valence-corrected chi connectivity index (χ0v) is 11.7. The molecule has 1 aromatic carbocycles. The smallest absolute Gasteiger partial charge is 0.101 e. The first-order chi connectivity index (χ1) is 8.61. The molecule has 0 radical (unpaired) electrons. The van der Waals surface area contributed by atoms with E-state index >= 15 is 0 Å². The highest BCUT2D eigenvalue weighted by Gasteiger charge is 2.23. The standard InChI is InChI=1S/C15H19ClN2/c1-11-4-3-5-14(8-11)18(2)15-7-6-13(16)9-12(15)10-17/h6-7,9,11,14H,3-5,8H2,1-2H3. The molecule has 0 N–H and O–H groups in total. The molecule has 2 atom stereocenters. The maximum Gasteiger partial charge on any atom is 0.101 e. The van der Waals surface area contributed by atoms with Gasteiger partial charge in [0.2, 0.25) is 0 Å². The maximum atomic E-state index is 9.21. The molecule has 2 rings (SSSR count). The first-order valence-corrected chi connectivity index (χ1v) is 6.92. The van der Waals surface area contributed by atoms with E-state index < -0.39 is 0 Å². The lowest BCUT2D eigenvalue weighted by Gasteiger charge is -2.36. The summed E-state index contributed by atoms with van der Waals surface area (Å²) in [5.74, 6) is 0.782. The number of hydrogen-bond donors (Lipinski definition) is 0. The van der Waals surface area contributed by atoms with Crippen LogP contribution in [0.5, 0.6) is 0 Å². The topological polar surface area (TPSA) is 27.0 Å². The molecule has 0 bridgehead atoms. The van der Waals surface area contributed by atoms with Gasteiger partial charge in [0.1, 0.15) is 6.07 Å². The molecule has 0 aliphatic heterocycles. The van der Waals surface area contributed by atoms with Crippen LogP contribution in [0.1, 0.15) is 38.2 Å². The predicted molar refractivity (Wildman–Crippen MR) is 76.0 cm³/mol. The van der Waals surface area contributed by atoms with Gasteiger partial charge >= 0.3 is 0 Å². The molecule has 2 unspecified atom stereocenters. The summed E-state index contributed by atoms with van der Waals surface area (Å²) in [5, 5.41) is 9.83. The van der Waals surface area contributed by atoms with E-state index in [1.807, 2.05) is 12.1 Å². The Labute approximate surface area is 114 Å². The molecule has 0 amide bonds. The molecule has 0 heterocycles. The summed E-state index contributed by atoms with van der Waals surface area (Å²) in [6.45, 7) is 2.31. The van der Waals surface area contributed by atoms with E-state index in [1.54, 1.807) is 6.07 Å². The van der Waals surface area contributed by atoms with E-state index in [2.05, 4.69) is 24.9 Å². The second kappa shape index (κ2) is 5.63. The van der Waals surface area contributed by atoms with Gasteiger partial charge in [0.25, 0.3) is 0 Å². The summed E-state index contributed by atoms with van der Waals surface area (Å²) in [6.07, 6.45) is 5.04. The highest BCUT2D eigenvalue weighted by atomic mass is 35.5. The minimum atomic E-state index is 0.544. The lowest BCUT2D eigenvalue weighted by Crippen LogP contribution is -2.35. The maximum absolute atomic E-state index is 9.21. The highest BCUT2D eigenvalue weighted by molar-refractivity contribution is 6.30. The number of anilines is 1. The molecule has 0 aromatic heterocycles. The third-order valence-electron chi connectivity index (χ3n) is 3.92. The monoisotopic (exact) mass is 262 g/mol. The molecule has 1 aliphatic rings. The van der Waals surface area contributed by atoms with Gasteiger partial charge in [0.05, 0.1) is 11.3 Å². The largest absolute Gasteiger partial charge is 0.371 e. The van der Waals surface area contributed by atoms with Gasteiger partial charge in [-0.3, -0.25) is 0 Å². The van der Waals surface area contributed by atoms with Crippen molar-refractivity contribution in [3.8, 4) is 6.07 Å². The van der Waals surface area contributed by atoms with Crippen LogP contribution >= 0.6 is 11.6 Å². The number of benzene rings is 1. The molecule has 1 fully saturated rings. The fourth-order valence-corrected chi connectivity index (χ4v) is 3.03. The molecule has 1 aliphatic carbocycles. The molecule has 0 saturated heterocycles. The van der Waals surface area contributed by atoms with Crippen molar-refractivity contribution in [2.75, 3.05) is 11.9 Å². The molecule has 3 heteroatoms. The molecule has 1 saturated carbocycles. The summed E-state index contributed by atoms with van der Waals surface area (Å²) in [5.41, 5.74) is 1.67. The first kappa shape index (κ1) is 13.2. The van der Waals surface area contributed by atoms with Crippen molar-refractivity contribution in [2.45, 2.75) is 38.6 Å². The second-order valence-electron chi connectivity index (χ2n) is 5.31. The van der Waals surface area contributed by atoms with Gasteiger partial charge in [-0.1, -0.05) is 31.4 Å². The SMILES string of the molecule is CC1CCCC(N(C)c2ccc(Cl)cc2C#N)C1. The third kappa shape index (κ3) is 2.79. The van der Waals surface area contributed by atoms with Crippen molar-refractivity contribution in [3.05, 3.63) is 28.8 Å². The van der Waals surface area contributed by atoms with Gasteiger partial charge in [0, 0.05) is 18.1 Å². The number of nitrogens with zero attached hydrogens (tertiary/aromatic N) is 2. The van der Waals surface area contributed by atoms with Crippen LogP contribution in [-0.2, 0) is 0 Å². The Hall–Kier alpha value is -1.20. The van der Waals surface area contributed by atoms with Crippen molar-refractivity contribution in [1.82, 2.24) is 0 Å². The molecule has 18 heavy (non-hydrogen) atoms. The average Bonchev–Trinajstić information content (AvgIpc) is 2.37. The highest BCUT2D eigenvalue weighted by Crippen LogP contribution is 2.31. The number of halogens is 1. The van der Waals surface area contributed by atoms with Gasteiger partial charge in [-0.25, -0.2) is 0 Å². The summed E-state index contributed by atoms with van der Waals surface area (Å²) in [6, 6.07) is 8.35. The van der Waals surface area contributed by atoms with Crippen LogP contribution < -0.4 is 4.90 Å². The molecule has 2 nitrogen and oxygen atoms in total. The molecule has 1 aromatic rings. The summed E-state index contributed by atoms with van der Waals surface area (Å²) in [4.78, 5) is 2.25. The first-order valence-electron chi connectivity index (χ1n) is 6.54. The van der Waals surface area contributed by atoms with Gasteiger partial charge < -0.3 is 4.90 Å². The summed E-state index contributed by atoms with van der Waals surface area (Å²) >= 11 is 5.94. The van der Waals surface area contributed by atoms with Crippen molar-refractivity contribution in [2.24, 2.45) is 5.92 Å². The van der Waals surface area contributed by atoms with E-state index in [0.717, 1.165) is 11.6 Å². The van der Waals surface area contributed by atoms with E-state index in [9.17, 15) is 5.26 Å². The zero-order chi connectivity index (χ0) is 13.1. The number of hydrogen-bond acceptors (Lipinski definition) is 2. The number of rotatable bonds is 2. The van der Waals surface area contributed by atoms with Gasteiger partial charge in [-0.05, 0) is 37.0 Å².